The number of hydrogen-bond acceptors (Lipinski definition) is 3. The van der Waals surface area contributed by atoms with Crippen molar-refractivity contribution in [2.24, 2.45) is 11.7 Å². The summed E-state index contributed by atoms with van der Waals surface area (Å²) in [4.78, 5) is 13.6. The molecule has 0 saturated carbocycles. The molecular weight excluding hydrogens is 180 g/mol. The van der Waals surface area contributed by atoms with Crippen LogP contribution in [0.15, 0.2) is 0 Å². The lowest BCUT2D eigenvalue weighted by Gasteiger charge is -2.29. The fourth-order valence-corrected chi connectivity index (χ4v) is 1.40. The fraction of sp³-hybridized carbons (Fsp3) is 0.900. The summed E-state index contributed by atoms with van der Waals surface area (Å²) in [6, 6.07) is 0.117. The summed E-state index contributed by atoms with van der Waals surface area (Å²) < 4.78 is 5.02. The van der Waals surface area contributed by atoms with Gasteiger partial charge in [0.2, 0.25) is 5.91 Å². The second-order valence-corrected chi connectivity index (χ2v) is 3.57. The molecule has 84 valence electrons. The van der Waals surface area contributed by atoms with Gasteiger partial charge in [-0.2, -0.15) is 0 Å². The van der Waals surface area contributed by atoms with Crippen LogP contribution in [0.25, 0.3) is 0 Å². The largest absolute Gasteiger partial charge is 0.383 e. The van der Waals surface area contributed by atoms with Crippen molar-refractivity contribution in [3.63, 3.8) is 0 Å². The van der Waals surface area contributed by atoms with Gasteiger partial charge in [0.25, 0.3) is 0 Å². The highest BCUT2D eigenvalue weighted by molar-refractivity contribution is 5.79. The van der Waals surface area contributed by atoms with E-state index in [-0.39, 0.29) is 17.9 Å². The molecule has 0 aliphatic heterocycles. The molecule has 0 aliphatic rings. The van der Waals surface area contributed by atoms with Gasteiger partial charge in [0.1, 0.15) is 0 Å². The maximum Gasteiger partial charge on any atom is 0.226 e. The van der Waals surface area contributed by atoms with Gasteiger partial charge in [-0.1, -0.05) is 6.92 Å². The fourth-order valence-electron chi connectivity index (χ4n) is 1.40. The Morgan fingerprint density at radius 2 is 2.07 bits per heavy atom. The highest BCUT2D eigenvalue weighted by atomic mass is 16.5. The minimum absolute atomic E-state index is 0.103. The van der Waals surface area contributed by atoms with Crippen molar-refractivity contribution in [1.29, 1.82) is 0 Å². The normalized spacial score (nSPS) is 14.9. The molecule has 0 heterocycles. The van der Waals surface area contributed by atoms with Crippen molar-refractivity contribution in [3.8, 4) is 0 Å². The third kappa shape index (κ3) is 3.64. The zero-order valence-electron chi connectivity index (χ0n) is 9.62. The standard InChI is InChI=1S/C10H22N2O2/c1-5-12(9(3)7-14-4)10(13)8(2)6-11/h8-9H,5-7,11H2,1-4H3. The molecule has 4 heteroatoms. The first-order valence-electron chi connectivity index (χ1n) is 5.07. The summed E-state index contributed by atoms with van der Waals surface area (Å²) in [6.45, 7) is 7.46. The number of rotatable bonds is 6. The van der Waals surface area contributed by atoms with Crippen molar-refractivity contribution in [2.75, 3.05) is 26.8 Å². The number of carbonyl (C=O) groups excluding carboxylic acids is 1. The van der Waals surface area contributed by atoms with Gasteiger partial charge in [0, 0.05) is 26.1 Å². The minimum Gasteiger partial charge on any atom is -0.383 e. The van der Waals surface area contributed by atoms with Gasteiger partial charge < -0.3 is 15.4 Å². The molecular formula is C10H22N2O2. The summed E-state index contributed by atoms with van der Waals surface area (Å²) in [7, 11) is 1.64. The predicted molar refractivity (Wildman–Crippen MR) is 56.9 cm³/mol. The van der Waals surface area contributed by atoms with E-state index in [0.717, 1.165) is 0 Å². The van der Waals surface area contributed by atoms with Crippen LogP contribution in [0.5, 0.6) is 0 Å². The van der Waals surface area contributed by atoms with Crippen molar-refractivity contribution in [1.82, 2.24) is 4.90 Å². The maximum atomic E-state index is 11.8. The summed E-state index contributed by atoms with van der Waals surface area (Å²) in [6.07, 6.45) is 0. The van der Waals surface area contributed by atoms with Crippen LogP contribution in [0.3, 0.4) is 0 Å². The van der Waals surface area contributed by atoms with E-state index < -0.39 is 0 Å². The SMILES string of the molecule is CCN(C(=O)C(C)CN)C(C)COC. The molecule has 0 aromatic rings. The number of hydrogen-bond donors (Lipinski definition) is 1. The Balaban J connectivity index is 4.31. The molecule has 4 nitrogen and oxygen atoms in total. The molecule has 2 atom stereocenters. The van der Waals surface area contributed by atoms with E-state index in [9.17, 15) is 4.79 Å². The predicted octanol–water partition coefficient (Wildman–Crippen LogP) is 0.465. The maximum absolute atomic E-state index is 11.8. The molecule has 14 heavy (non-hydrogen) atoms. The molecule has 0 aromatic heterocycles. The molecule has 1 amide bonds. The number of carbonyl (C=O) groups is 1. The first-order chi connectivity index (χ1) is 6.58. The van der Waals surface area contributed by atoms with Crippen LogP contribution < -0.4 is 5.73 Å². The molecule has 0 aromatic carbocycles. The topological polar surface area (TPSA) is 55.6 Å². The Bertz CT molecular complexity index is 174. The van der Waals surface area contributed by atoms with E-state index >= 15 is 0 Å². The van der Waals surface area contributed by atoms with Gasteiger partial charge in [-0.25, -0.2) is 0 Å². The number of nitrogens with zero attached hydrogens (tertiary/aromatic N) is 1. The number of methoxy groups -OCH3 is 1. The van der Waals surface area contributed by atoms with Gasteiger partial charge in [0.05, 0.1) is 12.6 Å². The van der Waals surface area contributed by atoms with Gasteiger partial charge in [0.15, 0.2) is 0 Å². The van der Waals surface area contributed by atoms with Crippen molar-refractivity contribution < 1.29 is 9.53 Å². The van der Waals surface area contributed by atoms with Crippen molar-refractivity contribution in [3.05, 3.63) is 0 Å². The van der Waals surface area contributed by atoms with E-state index in [1.165, 1.54) is 0 Å². The summed E-state index contributed by atoms with van der Waals surface area (Å²) in [5, 5.41) is 0. The second-order valence-electron chi connectivity index (χ2n) is 3.57. The second kappa shape index (κ2) is 6.79. The smallest absolute Gasteiger partial charge is 0.226 e. The van der Waals surface area contributed by atoms with Gasteiger partial charge in [-0.05, 0) is 13.8 Å². The lowest BCUT2D eigenvalue weighted by Crippen LogP contribution is -2.45. The number of likely N-dealkylation sites (N-methyl/N-ethyl adjacent to an activating group) is 1. The zero-order valence-corrected chi connectivity index (χ0v) is 9.62. The van der Waals surface area contributed by atoms with Crippen molar-refractivity contribution in [2.45, 2.75) is 26.8 Å². The Kier molecular flexibility index (Phi) is 6.49. The Morgan fingerprint density at radius 3 is 2.43 bits per heavy atom. The molecule has 0 aliphatic carbocycles. The third-order valence-corrected chi connectivity index (χ3v) is 2.34. The first kappa shape index (κ1) is 13.4. The highest BCUT2D eigenvalue weighted by Crippen LogP contribution is 2.06. The van der Waals surface area contributed by atoms with Crippen LogP contribution >= 0.6 is 0 Å². The van der Waals surface area contributed by atoms with Crippen LogP contribution in [-0.2, 0) is 9.53 Å². The van der Waals surface area contributed by atoms with Crippen LogP contribution in [0.2, 0.25) is 0 Å². The molecule has 0 fully saturated rings. The average molecular weight is 202 g/mol. The van der Waals surface area contributed by atoms with Crippen LogP contribution in [-0.4, -0.2) is 43.7 Å². The monoisotopic (exact) mass is 202 g/mol. The quantitative estimate of drug-likeness (QED) is 0.681. The molecule has 0 saturated heterocycles. The van der Waals surface area contributed by atoms with E-state index in [0.29, 0.717) is 19.7 Å². The average Bonchev–Trinajstić information content (AvgIpc) is 2.18. The third-order valence-electron chi connectivity index (χ3n) is 2.34. The molecule has 0 rings (SSSR count). The van der Waals surface area contributed by atoms with Crippen LogP contribution in [0.1, 0.15) is 20.8 Å². The molecule has 0 radical (unpaired) electrons. The summed E-state index contributed by atoms with van der Waals surface area (Å²) in [5.74, 6) is 0.00815. The number of amides is 1. The Labute approximate surface area is 86.4 Å². The van der Waals surface area contributed by atoms with Gasteiger partial charge in [-0.15, -0.1) is 0 Å². The zero-order chi connectivity index (χ0) is 11.1. The van der Waals surface area contributed by atoms with Crippen LogP contribution in [0, 0.1) is 5.92 Å². The first-order valence-corrected chi connectivity index (χ1v) is 5.07. The molecule has 0 bridgehead atoms. The summed E-state index contributed by atoms with van der Waals surface area (Å²) in [5.41, 5.74) is 5.46. The minimum atomic E-state index is -0.103. The van der Waals surface area contributed by atoms with E-state index in [2.05, 4.69) is 0 Å². The summed E-state index contributed by atoms with van der Waals surface area (Å²) >= 11 is 0. The number of nitrogens with two attached hydrogens (primary N) is 1. The van der Waals surface area contributed by atoms with Crippen molar-refractivity contribution >= 4 is 5.91 Å². The van der Waals surface area contributed by atoms with E-state index in [1.807, 2.05) is 20.8 Å². The molecule has 2 N–H and O–H groups in total. The molecule has 2 unspecified atom stereocenters. The highest BCUT2D eigenvalue weighted by Gasteiger charge is 2.22. The Morgan fingerprint density at radius 1 is 1.50 bits per heavy atom. The van der Waals surface area contributed by atoms with E-state index in [4.69, 9.17) is 10.5 Å². The van der Waals surface area contributed by atoms with Gasteiger partial charge in [-0.3, -0.25) is 4.79 Å². The number of ether oxygens (including phenoxy) is 1. The van der Waals surface area contributed by atoms with E-state index in [1.54, 1.807) is 12.0 Å². The lowest BCUT2D eigenvalue weighted by molar-refractivity contribution is -0.137. The van der Waals surface area contributed by atoms with Gasteiger partial charge >= 0.3 is 0 Å². The Hall–Kier alpha value is -0.610. The lowest BCUT2D eigenvalue weighted by atomic mass is 10.1. The molecule has 0 spiro atoms. The van der Waals surface area contributed by atoms with Crippen LogP contribution in [0.4, 0.5) is 0 Å².